The van der Waals surface area contributed by atoms with Gasteiger partial charge in [-0.1, -0.05) is 18.2 Å². The molecule has 1 aliphatic rings. The molecule has 0 atom stereocenters. The van der Waals surface area contributed by atoms with Crippen molar-refractivity contribution in [3.05, 3.63) is 29.8 Å². The molecule has 0 radical (unpaired) electrons. The Morgan fingerprint density at radius 2 is 2.06 bits per heavy atom. The van der Waals surface area contributed by atoms with E-state index in [1.54, 1.807) is 0 Å². The van der Waals surface area contributed by atoms with Gasteiger partial charge in [0, 0.05) is 31.9 Å². The molecule has 1 heterocycles. The predicted molar refractivity (Wildman–Crippen MR) is 66.4 cm³/mol. The van der Waals surface area contributed by atoms with E-state index in [4.69, 9.17) is 10.5 Å². The maximum atomic E-state index is 5.92. The molecule has 1 aromatic carbocycles. The van der Waals surface area contributed by atoms with E-state index in [1.165, 1.54) is 5.56 Å². The van der Waals surface area contributed by atoms with Crippen LogP contribution in [0.15, 0.2) is 24.3 Å². The Labute approximate surface area is 97.2 Å². The lowest BCUT2D eigenvalue weighted by atomic mass is 10.1. The molecule has 1 saturated heterocycles. The number of hydrogen-bond acceptors (Lipinski definition) is 3. The minimum absolute atomic E-state index is 0.865. The molecule has 3 heteroatoms. The first kappa shape index (κ1) is 11.4. The fourth-order valence-electron chi connectivity index (χ4n) is 2.06. The zero-order valence-electron chi connectivity index (χ0n) is 9.69. The molecule has 1 aromatic rings. The third kappa shape index (κ3) is 3.22. The van der Waals surface area contributed by atoms with Gasteiger partial charge in [-0.05, 0) is 24.5 Å². The second-order valence-electron chi connectivity index (χ2n) is 4.26. The molecule has 0 amide bonds. The number of nitrogens with zero attached hydrogens (tertiary/aromatic N) is 1. The molecule has 0 unspecified atom stereocenters. The first-order valence-corrected chi connectivity index (χ1v) is 6.00. The van der Waals surface area contributed by atoms with Gasteiger partial charge in [-0.2, -0.15) is 0 Å². The number of para-hydroxylation sites is 1. The summed E-state index contributed by atoms with van der Waals surface area (Å²) in [5.74, 6) is 0. The minimum atomic E-state index is 0.865. The van der Waals surface area contributed by atoms with Crippen LogP contribution < -0.4 is 5.73 Å². The predicted octanol–water partition coefficient (Wildman–Crippen LogP) is 1.53. The lowest BCUT2D eigenvalue weighted by Crippen LogP contribution is -2.28. The molecule has 3 nitrogen and oxygen atoms in total. The average Bonchev–Trinajstić information content (AvgIpc) is 2.56. The summed E-state index contributed by atoms with van der Waals surface area (Å²) < 4.78 is 5.43. The van der Waals surface area contributed by atoms with Crippen molar-refractivity contribution in [2.75, 3.05) is 38.6 Å². The smallest absolute Gasteiger partial charge is 0.0593 e. The van der Waals surface area contributed by atoms with Crippen LogP contribution in [0.2, 0.25) is 0 Å². The van der Waals surface area contributed by atoms with Crippen molar-refractivity contribution < 1.29 is 4.74 Å². The van der Waals surface area contributed by atoms with Crippen LogP contribution in [0.25, 0.3) is 0 Å². The molecule has 0 aliphatic carbocycles. The summed E-state index contributed by atoms with van der Waals surface area (Å²) in [4.78, 5) is 2.46. The van der Waals surface area contributed by atoms with Gasteiger partial charge in [-0.25, -0.2) is 0 Å². The van der Waals surface area contributed by atoms with Crippen LogP contribution in [-0.4, -0.2) is 37.7 Å². The second-order valence-corrected chi connectivity index (χ2v) is 4.26. The van der Waals surface area contributed by atoms with Crippen LogP contribution in [0.1, 0.15) is 12.0 Å². The molecule has 2 rings (SSSR count). The Morgan fingerprint density at radius 1 is 1.19 bits per heavy atom. The van der Waals surface area contributed by atoms with Gasteiger partial charge in [0.1, 0.15) is 0 Å². The Bertz CT molecular complexity index is 319. The molecule has 2 N–H and O–H groups in total. The monoisotopic (exact) mass is 220 g/mol. The van der Waals surface area contributed by atoms with E-state index in [0.29, 0.717) is 0 Å². The van der Waals surface area contributed by atoms with Crippen molar-refractivity contribution >= 4 is 5.69 Å². The van der Waals surface area contributed by atoms with Crippen molar-refractivity contribution in [1.82, 2.24) is 4.90 Å². The second kappa shape index (κ2) is 5.87. The molecule has 0 spiro atoms. The first-order chi connectivity index (χ1) is 7.86. The summed E-state index contributed by atoms with van der Waals surface area (Å²) >= 11 is 0. The molecular weight excluding hydrogens is 200 g/mol. The van der Waals surface area contributed by atoms with Crippen LogP contribution >= 0.6 is 0 Å². The van der Waals surface area contributed by atoms with E-state index < -0.39 is 0 Å². The minimum Gasteiger partial charge on any atom is -0.399 e. The maximum Gasteiger partial charge on any atom is 0.0593 e. The number of rotatable bonds is 3. The van der Waals surface area contributed by atoms with Gasteiger partial charge in [0.25, 0.3) is 0 Å². The Morgan fingerprint density at radius 3 is 2.94 bits per heavy atom. The summed E-state index contributed by atoms with van der Waals surface area (Å²) in [6, 6.07) is 8.13. The number of anilines is 1. The van der Waals surface area contributed by atoms with E-state index in [-0.39, 0.29) is 0 Å². The quantitative estimate of drug-likeness (QED) is 0.785. The van der Waals surface area contributed by atoms with E-state index >= 15 is 0 Å². The zero-order chi connectivity index (χ0) is 11.2. The Hall–Kier alpha value is -1.06. The van der Waals surface area contributed by atoms with Crippen LogP contribution in [0.3, 0.4) is 0 Å². The Balaban J connectivity index is 1.84. The van der Waals surface area contributed by atoms with Gasteiger partial charge in [0.05, 0.1) is 6.61 Å². The number of benzene rings is 1. The first-order valence-electron chi connectivity index (χ1n) is 6.00. The highest BCUT2D eigenvalue weighted by atomic mass is 16.5. The van der Waals surface area contributed by atoms with Crippen molar-refractivity contribution in [2.24, 2.45) is 0 Å². The zero-order valence-corrected chi connectivity index (χ0v) is 9.69. The molecule has 88 valence electrons. The lowest BCUT2D eigenvalue weighted by Gasteiger charge is -2.19. The highest BCUT2D eigenvalue weighted by Gasteiger charge is 2.09. The Kier molecular flexibility index (Phi) is 4.19. The summed E-state index contributed by atoms with van der Waals surface area (Å²) in [5.41, 5.74) is 8.09. The van der Waals surface area contributed by atoms with E-state index in [2.05, 4.69) is 17.0 Å². The molecule has 0 bridgehead atoms. The number of nitrogens with two attached hydrogens (primary N) is 1. The van der Waals surface area contributed by atoms with Crippen LogP contribution in [-0.2, 0) is 11.2 Å². The van der Waals surface area contributed by atoms with E-state index in [9.17, 15) is 0 Å². The molecule has 0 aromatic heterocycles. The molecule has 1 fully saturated rings. The van der Waals surface area contributed by atoms with Gasteiger partial charge in [-0.15, -0.1) is 0 Å². The summed E-state index contributed by atoms with van der Waals surface area (Å²) in [5, 5.41) is 0. The van der Waals surface area contributed by atoms with Crippen LogP contribution in [0.5, 0.6) is 0 Å². The third-order valence-electron chi connectivity index (χ3n) is 3.07. The normalized spacial score (nSPS) is 18.2. The maximum absolute atomic E-state index is 5.92. The lowest BCUT2D eigenvalue weighted by molar-refractivity contribution is 0.141. The number of ether oxygens (including phenoxy) is 1. The molecular formula is C13H20N2O. The van der Waals surface area contributed by atoms with Crippen molar-refractivity contribution in [3.63, 3.8) is 0 Å². The third-order valence-corrected chi connectivity index (χ3v) is 3.07. The summed E-state index contributed by atoms with van der Waals surface area (Å²) in [6.45, 7) is 5.05. The van der Waals surface area contributed by atoms with Crippen LogP contribution in [0, 0.1) is 0 Å². The highest BCUT2D eigenvalue weighted by molar-refractivity contribution is 5.46. The van der Waals surface area contributed by atoms with Gasteiger partial charge in [0.15, 0.2) is 0 Å². The largest absolute Gasteiger partial charge is 0.399 e. The van der Waals surface area contributed by atoms with Gasteiger partial charge >= 0.3 is 0 Å². The van der Waals surface area contributed by atoms with Crippen molar-refractivity contribution in [3.8, 4) is 0 Å². The SMILES string of the molecule is Nc1ccccc1CCN1CCCOCC1. The summed E-state index contributed by atoms with van der Waals surface area (Å²) in [7, 11) is 0. The molecule has 1 aliphatic heterocycles. The fourth-order valence-corrected chi connectivity index (χ4v) is 2.06. The fraction of sp³-hybridized carbons (Fsp3) is 0.538. The molecule has 0 saturated carbocycles. The summed E-state index contributed by atoms with van der Waals surface area (Å²) in [6.07, 6.45) is 2.18. The molecule has 16 heavy (non-hydrogen) atoms. The number of nitrogen functional groups attached to an aromatic ring is 1. The van der Waals surface area contributed by atoms with E-state index in [1.807, 2.05) is 12.1 Å². The topological polar surface area (TPSA) is 38.5 Å². The average molecular weight is 220 g/mol. The van der Waals surface area contributed by atoms with Crippen LogP contribution in [0.4, 0.5) is 5.69 Å². The number of hydrogen-bond donors (Lipinski definition) is 1. The van der Waals surface area contributed by atoms with Gasteiger partial charge in [-0.3, -0.25) is 0 Å². The van der Waals surface area contributed by atoms with Gasteiger partial charge in [0.2, 0.25) is 0 Å². The van der Waals surface area contributed by atoms with Gasteiger partial charge < -0.3 is 15.4 Å². The highest BCUT2D eigenvalue weighted by Crippen LogP contribution is 2.12. The van der Waals surface area contributed by atoms with Crippen molar-refractivity contribution in [2.45, 2.75) is 12.8 Å². The standard InChI is InChI=1S/C13H20N2O/c14-13-5-2-1-4-12(13)6-8-15-7-3-10-16-11-9-15/h1-2,4-5H,3,6-11,14H2. The van der Waals surface area contributed by atoms with Crippen molar-refractivity contribution in [1.29, 1.82) is 0 Å². The van der Waals surface area contributed by atoms with E-state index in [0.717, 1.165) is 51.4 Å².